The van der Waals surface area contributed by atoms with Gasteiger partial charge in [0.15, 0.2) is 0 Å². The van der Waals surface area contributed by atoms with Crippen molar-refractivity contribution in [2.45, 2.75) is 71.4 Å². The SMILES string of the molecule is CCC1(CC)NC(=O)C(C)(C2CC2)N(CC=C(C)C)C1=O. The molecule has 2 fully saturated rings. The molecule has 1 saturated carbocycles. The van der Waals surface area contributed by atoms with Gasteiger partial charge < -0.3 is 10.2 Å². The second kappa shape index (κ2) is 5.47. The average molecular weight is 292 g/mol. The number of nitrogens with one attached hydrogen (secondary N) is 1. The molecule has 0 aromatic heterocycles. The van der Waals surface area contributed by atoms with Gasteiger partial charge in [0.1, 0.15) is 11.1 Å². The second-order valence-electron chi connectivity index (χ2n) is 6.86. The zero-order valence-electron chi connectivity index (χ0n) is 14.0. The predicted octanol–water partition coefficient (Wildman–Crippen LogP) is 2.64. The quantitative estimate of drug-likeness (QED) is 0.792. The first-order valence-corrected chi connectivity index (χ1v) is 8.10. The monoisotopic (exact) mass is 292 g/mol. The third-order valence-corrected chi connectivity index (χ3v) is 5.29. The molecule has 1 saturated heterocycles. The maximum Gasteiger partial charge on any atom is 0.249 e. The van der Waals surface area contributed by atoms with E-state index in [0.717, 1.165) is 12.8 Å². The molecule has 0 aromatic carbocycles. The molecule has 118 valence electrons. The summed E-state index contributed by atoms with van der Waals surface area (Å²) in [5.74, 6) is 0.410. The van der Waals surface area contributed by atoms with Crippen molar-refractivity contribution in [3.63, 3.8) is 0 Å². The van der Waals surface area contributed by atoms with E-state index in [9.17, 15) is 9.59 Å². The number of hydrogen-bond acceptors (Lipinski definition) is 2. The van der Waals surface area contributed by atoms with Crippen LogP contribution in [0.3, 0.4) is 0 Å². The summed E-state index contributed by atoms with van der Waals surface area (Å²) >= 11 is 0. The maximum atomic E-state index is 13.1. The van der Waals surface area contributed by atoms with Crippen molar-refractivity contribution < 1.29 is 9.59 Å². The Morgan fingerprint density at radius 1 is 1.29 bits per heavy atom. The van der Waals surface area contributed by atoms with Crippen LogP contribution in [0.5, 0.6) is 0 Å². The van der Waals surface area contributed by atoms with Crippen LogP contribution in [0.1, 0.15) is 60.3 Å². The smallest absolute Gasteiger partial charge is 0.249 e. The highest BCUT2D eigenvalue weighted by molar-refractivity contribution is 6.02. The van der Waals surface area contributed by atoms with Gasteiger partial charge >= 0.3 is 0 Å². The van der Waals surface area contributed by atoms with Gasteiger partial charge in [0.05, 0.1) is 0 Å². The highest BCUT2D eigenvalue weighted by atomic mass is 16.2. The third-order valence-electron chi connectivity index (χ3n) is 5.29. The van der Waals surface area contributed by atoms with E-state index >= 15 is 0 Å². The molecule has 4 nitrogen and oxygen atoms in total. The Balaban J connectivity index is 2.41. The lowest BCUT2D eigenvalue weighted by Crippen LogP contribution is -2.75. The van der Waals surface area contributed by atoms with Crippen molar-refractivity contribution >= 4 is 11.8 Å². The lowest BCUT2D eigenvalue weighted by atomic mass is 9.80. The molecule has 0 aromatic rings. The Morgan fingerprint density at radius 3 is 2.29 bits per heavy atom. The van der Waals surface area contributed by atoms with Crippen molar-refractivity contribution in [2.24, 2.45) is 5.92 Å². The van der Waals surface area contributed by atoms with Crippen LogP contribution in [0.2, 0.25) is 0 Å². The molecule has 0 radical (unpaired) electrons. The fourth-order valence-electron chi connectivity index (χ4n) is 3.32. The lowest BCUT2D eigenvalue weighted by molar-refractivity contribution is -0.163. The number of rotatable bonds is 5. The molecule has 1 heterocycles. The molecule has 0 bridgehead atoms. The Labute approximate surface area is 128 Å². The first-order valence-electron chi connectivity index (χ1n) is 8.10. The van der Waals surface area contributed by atoms with Gasteiger partial charge in [-0.1, -0.05) is 25.5 Å². The van der Waals surface area contributed by atoms with Crippen LogP contribution in [0.4, 0.5) is 0 Å². The van der Waals surface area contributed by atoms with Gasteiger partial charge in [-0.2, -0.15) is 0 Å². The Bertz CT molecular complexity index is 471. The molecular formula is C17H28N2O2. The number of hydrogen-bond donors (Lipinski definition) is 1. The van der Waals surface area contributed by atoms with Crippen LogP contribution in [0.15, 0.2) is 11.6 Å². The van der Waals surface area contributed by atoms with Gasteiger partial charge in [-0.05, 0) is 52.4 Å². The molecule has 1 N–H and O–H groups in total. The summed E-state index contributed by atoms with van der Waals surface area (Å²) in [6.45, 7) is 10.5. The third kappa shape index (κ3) is 2.49. The van der Waals surface area contributed by atoms with Gasteiger partial charge in [-0.25, -0.2) is 0 Å². The molecular weight excluding hydrogens is 264 g/mol. The summed E-state index contributed by atoms with van der Waals surface area (Å²) < 4.78 is 0. The molecule has 1 unspecified atom stereocenters. The average Bonchev–Trinajstić information content (AvgIpc) is 3.27. The van der Waals surface area contributed by atoms with Crippen LogP contribution in [-0.2, 0) is 9.59 Å². The predicted molar refractivity (Wildman–Crippen MR) is 83.7 cm³/mol. The van der Waals surface area contributed by atoms with Gasteiger partial charge in [0.2, 0.25) is 11.8 Å². The normalized spacial score (nSPS) is 28.3. The largest absolute Gasteiger partial charge is 0.340 e. The van der Waals surface area contributed by atoms with Gasteiger partial charge in [0.25, 0.3) is 0 Å². The molecule has 4 heteroatoms. The highest BCUT2D eigenvalue weighted by Gasteiger charge is 2.60. The van der Waals surface area contributed by atoms with Crippen LogP contribution in [0.25, 0.3) is 0 Å². The summed E-state index contributed by atoms with van der Waals surface area (Å²) in [5, 5.41) is 3.06. The standard InChI is InChI=1S/C17H28N2O2/c1-6-17(7-2)15(21)19(11-10-12(3)4)16(5,13-8-9-13)14(20)18-17/h10,13H,6-9,11H2,1-5H3,(H,18,20). The minimum absolute atomic E-state index is 0.0236. The van der Waals surface area contributed by atoms with E-state index in [1.165, 1.54) is 5.57 Å². The molecule has 1 aliphatic heterocycles. The second-order valence-corrected chi connectivity index (χ2v) is 6.86. The van der Waals surface area contributed by atoms with Crippen LogP contribution in [0, 0.1) is 5.92 Å². The number of amides is 2. The van der Waals surface area contributed by atoms with Crippen molar-refractivity contribution in [3.05, 3.63) is 11.6 Å². The van der Waals surface area contributed by atoms with Gasteiger partial charge in [0, 0.05) is 6.54 Å². The van der Waals surface area contributed by atoms with E-state index < -0.39 is 11.1 Å². The molecule has 1 aliphatic carbocycles. The lowest BCUT2D eigenvalue weighted by Gasteiger charge is -2.51. The van der Waals surface area contributed by atoms with Crippen LogP contribution in [-0.4, -0.2) is 34.3 Å². The molecule has 2 amide bonds. The zero-order chi connectivity index (χ0) is 15.8. The molecule has 2 rings (SSSR count). The van der Waals surface area contributed by atoms with E-state index in [-0.39, 0.29) is 11.8 Å². The topological polar surface area (TPSA) is 49.4 Å². The minimum Gasteiger partial charge on any atom is -0.340 e. The highest BCUT2D eigenvalue weighted by Crippen LogP contribution is 2.46. The zero-order valence-corrected chi connectivity index (χ0v) is 14.0. The van der Waals surface area contributed by atoms with E-state index in [2.05, 4.69) is 5.32 Å². The number of nitrogens with zero attached hydrogens (tertiary/aromatic N) is 1. The molecule has 2 aliphatic rings. The van der Waals surface area contributed by atoms with E-state index in [1.54, 1.807) is 0 Å². The summed E-state index contributed by atoms with van der Waals surface area (Å²) in [6, 6.07) is 0. The number of carbonyl (C=O) groups excluding carboxylic acids is 2. The molecule has 1 atom stereocenters. The fraction of sp³-hybridized carbons (Fsp3) is 0.765. The summed E-state index contributed by atoms with van der Waals surface area (Å²) in [6.07, 6.45) is 5.40. The van der Waals surface area contributed by atoms with Crippen molar-refractivity contribution in [1.29, 1.82) is 0 Å². The maximum absolute atomic E-state index is 13.1. The van der Waals surface area contributed by atoms with Crippen LogP contribution >= 0.6 is 0 Å². The van der Waals surface area contributed by atoms with Crippen LogP contribution < -0.4 is 5.32 Å². The van der Waals surface area contributed by atoms with Crippen molar-refractivity contribution in [3.8, 4) is 0 Å². The first-order chi connectivity index (χ1) is 9.81. The summed E-state index contributed by atoms with van der Waals surface area (Å²) in [7, 11) is 0. The molecule has 0 spiro atoms. The van der Waals surface area contributed by atoms with Crippen molar-refractivity contribution in [2.75, 3.05) is 6.54 Å². The van der Waals surface area contributed by atoms with Gasteiger partial charge in [-0.3, -0.25) is 9.59 Å². The Hall–Kier alpha value is -1.32. The summed E-state index contributed by atoms with van der Waals surface area (Å²) in [4.78, 5) is 27.7. The number of carbonyl (C=O) groups is 2. The van der Waals surface area contributed by atoms with Gasteiger partial charge in [-0.15, -0.1) is 0 Å². The van der Waals surface area contributed by atoms with E-state index in [0.29, 0.717) is 25.3 Å². The Morgan fingerprint density at radius 2 is 1.86 bits per heavy atom. The Kier molecular flexibility index (Phi) is 4.18. The number of piperazine rings is 1. The minimum atomic E-state index is -0.721. The van der Waals surface area contributed by atoms with Crippen molar-refractivity contribution in [1.82, 2.24) is 10.2 Å². The fourth-order valence-corrected chi connectivity index (χ4v) is 3.32. The number of allylic oxidation sites excluding steroid dienone is 1. The molecule has 21 heavy (non-hydrogen) atoms. The first kappa shape index (κ1) is 16.1. The van der Waals surface area contributed by atoms with E-state index in [4.69, 9.17) is 0 Å². The van der Waals surface area contributed by atoms with E-state index in [1.807, 2.05) is 45.6 Å². The summed E-state index contributed by atoms with van der Waals surface area (Å²) in [5.41, 5.74) is -0.233.